The lowest BCUT2D eigenvalue weighted by molar-refractivity contribution is -0.139. The zero-order valence-corrected chi connectivity index (χ0v) is 13.8. The molecule has 9 heteroatoms. The number of urea groups is 1. The minimum Gasteiger partial charge on any atom is -0.480 e. The third-order valence-corrected chi connectivity index (χ3v) is 5.82. The molecule has 0 aromatic heterocycles. The molecule has 0 aromatic rings. The van der Waals surface area contributed by atoms with Crippen molar-refractivity contribution in [3.8, 4) is 0 Å². The summed E-state index contributed by atoms with van der Waals surface area (Å²) in [5.74, 6) is -0.459. The van der Waals surface area contributed by atoms with Crippen LogP contribution in [0.2, 0.25) is 0 Å². The van der Waals surface area contributed by atoms with Crippen LogP contribution in [0, 0.1) is 0 Å². The van der Waals surface area contributed by atoms with Crippen LogP contribution in [0.3, 0.4) is 0 Å². The Kier molecular flexibility index (Phi) is 6.33. The van der Waals surface area contributed by atoms with E-state index >= 15 is 0 Å². The molecule has 0 bridgehead atoms. The number of thioether (sulfide) groups is 1. The number of carboxylic acid groups (broad SMARTS) is 1. The summed E-state index contributed by atoms with van der Waals surface area (Å²) in [5.41, 5.74) is 0. The third-order valence-electron chi connectivity index (χ3n) is 3.30. The van der Waals surface area contributed by atoms with Gasteiger partial charge in [0.05, 0.1) is 5.75 Å². The van der Waals surface area contributed by atoms with Gasteiger partial charge in [0.1, 0.15) is 15.9 Å². The molecule has 1 aliphatic rings. The second-order valence-electron chi connectivity index (χ2n) is 5.54. The maximum Gasteiger partial charge on any atom is 0.326 e. The standard InChI is InChI=1S/C12H22N2O5S2/c1-12(5-3-6-20-12)8-13-11(17)14-9(10(15)16)4-7-21(2,18)19/h9H,3-8H2,1-2H3,(H,15,16)(H2,13,14,17). The topological polar surface area (TPSA) is 113 Å². The first-order valence-corrected chi connectivity index (χ1v) is 9.75. The second kappa shape index (κ2) is 7.35. The monoisotopic (exact) mass is 338 g/mol. The fraction of sp³-hybridized carbons (Fsp3) is 0.833. The van der Waals surface area contributed by atoms with Crippen LogP contribution in [0.1, 0.15) is 26.2 Å². The van der Waals surface area contributed by atoms with E-state index in [2.05, 4.69) is 17.6 Å². The lowest BCUT2D eigenvalue weighted by Gasteiger charge is -2.23. The molecule has 7 nitrogen and oxygen atoms in total. The van der Waals surface area contributed by atoms with Gasteiger partial charge in [-0.05, 0) is 31.9 Å². The quantitative estimate of drug-likeness (QED) is 0.621. The van der Waals surface area contributed by atoms with Gasteiger partial charge < -0.3 is 15.7 Å². The number of carbonyl (C=O) groups excluding carboxylic acids is 1. The number of carbonyl (C=O) groups is 2. The first kappa shape index (κ1) is 18.1. The van der Waals surface area contributed by atoms with E-state index in [0.717, 1.165) is 24.9 Å². The Labute approximate surface area is 129 Å². The minimum atomic E-state index is -3.26. The van der Waals surface area contributed by atoms with Gasteiger partial charge in [-0.2, -0.15) is 11.8 Å². The summed E-state index contributed by atoms with van der Waals surface area (Å²) in [7, 11) is -3.26. The van der Waals surface area contributed by atoms with Gasteiger partial charge in [0, 0.05) is 17.5 Å². The molecule has 0 aliphatic carbocycles. The van der Waals surface area contributed by atoms with E-state index in [1.807, 2.05) is 0 Å². The molecule has 0 saturated carbocycles. The van der Waals surface area contributed by atoms with Crippen molar-refractivity contribution >= 4 is 33.6 Å². The molecular formula is C12H22N2O5S2. The molecule has 1 saturated heterocycles. The highest BCUT2D eigenvalue weighted by Gasteiger charge is 2.30. The summed E-state index contributed by atoms with van der Waals surface area (Å²) >= 11 is 1.79. The van der Waals surface area contributed by atoms with Crippen LogP contribution >= 0.6 is 11.8 Å². The van der Waals surface area contributed by atoms with Crippen molar-refractivity contribution in [2.45, 2.75) is 37.0 Å². The number of carboxylic acids is 1. The maximum absolute atomic E-state index is 11.7. The number of hydrogen-bond acceptors (Lipinski definition) is 5. The Hall–Kier alpha value is -0.960. The minimum absolute atomic E-state index is 0.0111. The van der Waals surface area contributed by atoms with Gasteiger partial charge in [-0.3, -0.25) is 0 Å². The number of aliphatic carboxylic acids is 1. The highest BCUT2D eigenvalue weighted by molar-refractivity contribution is 8.00. The van der Waals surface area contributed by atoms with Crippen LogP contribution in [-0.2, 0) is 14.6 Å². The van der Waals surface area contributed by atoms with Gasteiger partial charge in [-0.1, -0.05) is 0 Å². The van der Waals surface area contributed by atoms with Crippen LogP contribution in [0.25, 0.3) is 0 Å². The van der Waals surface area contributed by atoms with Crippen LogP contribution in [0.5, 0.6) is 0 Å². The van der Waals surface area contributed by atoms with Crippen molar-refractivity contribution in [3.05, 3.63) is 0 Å². The first-order valence-electron chi connectivity index (χ1n) is 6.70. The SMILES string of the molecule is CC1(CNC(=O)NC(CCS(C)(=O)=O)C(=O)O)CCCS1. The highest BCUT2D eigenvalue weighted by Crippen LogP contribution is 2.36. The van der Waals surface area contributed by atoms with E-state index in [0.29, 0.717) is 6.54 Å². The molecule has 2 unspecified atom stereocenters. The zero-order valence-electron chi connectivity index (χ0n) is 12.2. The maximum atomic E-state index is 11.7. The average Bonchev–Trinajstić information content (AvgIpc) is 2.78. The van der Waals surface area contributed by atoms with Crippen LogP contribution in [0.15, 0.2) is 0 Å². The van der Waals surface area contributed by atoms with Crippen molar-refractivity contribution in [2.24, 2.45) is 0 Å². The summed E-state index contributed by atoms with van der Waals surface area (Å²) in [6.45, 7) is 2.52. The van der Waals surface area contributed by atoms with Crippen LogP contribution in [-0.4, -0.2) is 60.6 Å². The summed E-state index contributed by atoms with van der Waals surface area (Å²) in [5, 5.41) is 14.0. The molecule has 0 radical (unpaired) electrons. The number of sulfone groups is 1. The van der Waals surface area contributed by atoms with Crippen molar-refractivity contribution in [3.63, 3.8) is 0 Å². The molecule has 2 amide bonds. The van der Waals surface area contributed by atoms with Gasteiger partial charge in [0.2, 0.25) is 0 Å². The van der Waals surface area contributed by atoms with Gasteiger partial charge in [-0.25, -0.2) is 18.0 Å². The lowest BCUT2D eigenvalue weighted by atomic mass is 10.1. The Morgan fingerprint density at radius 1 is 1.43 bits per heavy atom. The molecule has 1 rings (SSSR count). The molecule has 1 fully saturated rings. The number of rotatable bonds is 7. The predicted molar refractivity (Wildman–Crippen MR) is 82.4 cm³/mol. The van der Waals surface area contributed by atoms with Gasteiger partial charge in [0.15, 0.2) is 0 Å². The summed E-state index contributed by atoms with van der Waals surface area (Å²) in [6, 6.07) is -1.78. The largest absolute Gasteiger partial charge is 0.480 e. The Balaban J connectivity index is 2.43. The highest BCUT2D eigenvalue weighted by atomic mass is 32.2. The Morgan fingerprint density at radius 2 is 2.10 bits per heavy atom. The van der Waals surface area contributed by atoms with Crippen LogP contribution in [0.4, 0.5) is 4.79 Å². The van der Waals surface area contributed by atoms with E-state index in [-0.39, 0.29) is 16.9 Å². The summed E-state index contributed by atoms with van der Waals surface area (Å²) < 4.78 is 22.1. The van der Waals surface area contributed by atoms with Crippen LogP contribution < -0.4 is 10.6 Å². The Bertz CT molecular complexity index is 486. The first-order chi connectivity index (χ1) is 9.61. The van der Waals surface area contributed by atoms with Crippen molar-refractivity contribution in [1.29, 1.82) is 0 Å². The van der Waals surface area contributed by atoms with E-state index < -0.39 is 27.9 Å². The molecule has 2 atom stereocenters. The van der Waals surface area contributed by atoms with Crippen molar-refractivity contribution in [1.82, 2.24) is 10.6 Å². The average molecular weight is 338 g/mol. The molecule has 21 heavy (non-hydrogen) atoms. The van der Waals surface area contributed by atoms with Crippen molar-refractivity contribution in [2.75, 3.05) is 24.3 Å². The normalized spacial score (nSPS) is 23.5. The molecule has 122 valence electrons. The zero-order chi connectivity index (χ0) is 16.1. The smallest absolute Gasteiger partial charge is 0.326 e. The fourth-order valence-electron chi connectivity index (χ4n) is 2.04. The third kappa shape index (κ3) is 7.03. The Morgan fingerprint density at radius 3 is 2.57 bits per heavy atom. The van der Waals surface area contributed by atoms with E-state index in [1.165, 1.54) is 0 Å². The molecule has 0 aromatic carbocycles. The molecule has 1 heterocycles. The lowest BCUT2D eigenvalue weighted by Crippen LogP contribution is -2.49. The summed E-state index contributed by atoms with van der Waals surface area (Å²) in [4.78, 5) is 22.8. The van der Waals surface area contributed by atoms with Gasteiger partial charge in [-0.15, -0.1) is 0 Å². The summed E-state index contributed by atoms with van der Waals surface area (Å²) in [6.07, 6.45) is 3.00. The molecule has 0 spiro atoms. The van der Waals surface area contributed by atoms with Gasteiger partial charge in [0.25, 0.3) is 0 Å². The number of nitrogens with one attached hydrogen (secondary N) is 2. The van der Waals surface area contributed by atoms with E-state index in [1.54, 1.807) is 11.8 Å². The fourth-order valence-corrected chi connectivity index (χ4v) is 3.95. The number of amides is 2. The molecular weight excluding hydrogens is 316 g/mol. The number of hydrogen-bond donors (Lipinski definition) is 3. The molecule has 3 N–H and O–H groups in total. The van der Waals surface area contributed by atoms with E-state index in [4.69, 9.17) is 5.11 Å². The van der Waals surface area contributed by atoms with E-state index in [9.17, 15) is 18.0 Å². The molecule has 1 aliphatic heterocycles. The van der Waals surface area contributed by atoms with Gasteiger partial charge >= 0.3 is 12.0 Å². The predicted octanol–water partition coefficient (Wildman–Crippen LogP) is 0.459. The van der Waals surface area contributed by atoms with Crippen molar-refractivity contribution < 1.29 is 23.1 Å². The second-order valence-corrected chi connectivity index (χ2v) is 9.48.